The van der Waals surface area contributed by atoms with Crippen LogP contribution in [0.1, 0.15) is 26.4 Å². The molecular formula is C30H20Br3N3O4. The van der Waals surface area contributed by atoms with Gasteiger partial charge in [-0.3, -0.25) is 4.79 Å². The number of rotatable bonds is 7. The predicted octanol–water partition coefficient (Wildman–Crippen LogP) is 8.11. The number of fused-ring (bicyclic) bond motifs is 1. The molecular weight excluding hydrogens is 706 g/mol. The second-order valence-corrected chi connectivity index (χ2v) is 11.2. The second-order valence-electron chi connectivity index (χ2n) is 8.53. The first-order chi connectivity index (χ1) is 19.4. The number of aromatic amines is 1. The molecule has 0 aliphatic carbocycles. The van der Waals surface area contributed by atoms with Crippen molar-refractivity contribution >= 4 is 76.8 Å². The summed E-state index contributed by atoms with van der Waals surface area (Å²) in [6.45, 7) is 0. The highest BCUT2D eigenvalue weighted by Crippen LogP contribution is 2.36. The minimum absolute atomic E-state index is 0.251. The number of carbonyl (C=O) groups excluding carboxylic acids is 2. The van der Waals surface area contributed by atoms with Crippen LogP contribution >= 0.6 is 47.8 Å². The Hall–Kier alpha value is -3.73. The van der Waals surface area contributed by atoms with Crippen molar-refractivity contribution in [3.8, 4) is 22.6 Å². The van der Waals surface area contributed by atoms with E-state index in [9.17, 15) is 9.59 Å². The van der Waals surface area contributed by atoms with Crippen LogP contribution in [0.2, 0.25) is 0 Å². The number of hydrogen-bond donors (Lipinski definition) is 2. The Morgan fingerprint density at radius 3 is 2.38 bits per heavy atom. The van der Waals surface area contributed by atoms with E-state index >= 15 is 0 Å². The number of benzene rings is 4. The second kappa shape index (κ2) is 12.2. The van der Waals surface area contributed by atoms with Crippen molar-refractivity contribution in [2.24, 2.45) is 5.10 Å². The van der Waals surface area contributed by atoms with Crippen molar-refractivity contribution in [1.82, 2.24) is 10.4 Å². The summed E-state index contributed by atoms with van der Waals surface area (Å²) in [4.78, 5) is 29.4. The third kappa shape index (κ3) is 5.89. The van der Waals surface area contributed by atoms with Crippen molar-refractivity contribution in [2.75, 3.05) is 7.11 Å². The maximum absolute atomic E-state index is 13.4. The molecule has 0 saturated carbocycles. The lowest BCUT2D eigenvalue weighted by atomic mass is 10.0. The quantitative estimate of drug-likeness (QED) is 0.0768. The lowest BCUT2D eigenvalue weighted by molar-refractivity contribution is 0.0732. The smallest absolute Gasteiger partial charge is 0.343 e. The van der Waals surface area contributed by atoms with Crippen LogP contribution in [0.4, 0.5) is 0 Å². The monoisotopic (exact) mass is 723 g/mol. The van der Waals surface area contributed by atoms with Gasteiger partial charge in [0.15, 0.2) is 5.75 Å². The van der Waals surface area contributed by atoms with E-state index in [-0.39, 0.29) is 5.75 Å². The van der Waals surface area contributed by atoms with E-state index in [1.54, 1.807) is 43.5 Å². The fraction of sp³-hybridized carbons (Fsp3) is 0.0333. The molecule has 0 fully saturated rings. The first-order valence-corrected chi connectivity index (χ1v) is 14.3. The molecule has 0 spiro atoms. The summed E-state index contributed by atoms with van der Waals surface area (Å²) in [5, 5.41) is 5.09. The summed E-state index contributed by atoms with van der Waals surface area (Å²) in [5.41, 5.74) is 6.25. The summed E-state index contributed by atoms with van der Waals surface area (Å²) in [5.74, 6) is -0.103. The number of esters is 1. The van der Waals surface area contributed by atoms with Gasteiger partial charge in [-0.15, -0.1) is 0 Å². The molecule has 1 heterocycles. The molecule has 0 saturated heterocycles. The largest absolute Gasteiger partial charge is 0.497 e. The van der Waals surface area contributed by atoms with E-state index in [4.69, 9.17) is 9.47 Å². The molecule has 10 heteroatoms. The average Bonchev–Trinajstić information content (AvgIpc) is 3.36. The topological polar surface area (TPSA) is 92.8 Å². The number of para-hydroxylation sites is 1. The summed E-state index contributed by atoms with van der Waals surface area (Å²) < 4.78 is 12.9. The highest BCUT2D eigenvalue weighted by Gasteiger charge is 2.20. The SMILES string of the molecule is COc1ccc(C(=O)Oc2c(Br)cc(Br)cc2C=NNC(=O)c2[nH]c3c(Br)cccc3c2-c2ccccc2)cc1. The molecule has 0 atom stereocenters. The average molecular weight is 726 g/mol. The molecule has 5 rings (SSSR count). The number of aromatic nitrogens is 1. The van der Waals surface area contributed by atoms with Gasteiger partial charge in [-0.1, -0.05) is 58.4 Å². The molecule has 0 aliphatic rings. The molecule has 7 nitrogen and oxygen atoms in total. The molecule has 2 N–H and O–H groups in total. The van der Waals surface area contributed by atoms with Crippen LogP contribution in [0.3, 0.4) is 0 Å². The van der Waals surface area contributed by atoms with E-state index in [1.165, 1.54) is 6.21 Å². The fourth-order valence-corrected chi connectivity index (χ4v) is 5.94. The minimum Gasteiger partial charge on any atom is -0.497 e. The van der Waals surface area contributed by atoms with Crippen LogP contribution in [-0.4, -0.2) is 30.2 Å². The first kappa shape index (κ1) is 27.8. The van der Waals surface area contributed by atoms with Gasteiger partial charge in [-0.25, -0.2) is 10.2 Å². The van der Waals surface area contributed by atoms with Gasteiger partial charge in [-0.05, 0) is 79.9 Å². The molecule has 1 aromatic heterocycles. The van der Waals surface area contributed by atoms with Crippen molar-refractivity contribution in [2.45, 2.75) is 0 Å². The van der Waals surface area contributed by atoms with Crippen LogP contribution in [0, 0.1) is 0 Å². The highest BCUT2D eigenvalue weighted by molar-refractivity contribution is 9.11. The lowest BCUT2D eigenvalue weighted by Crippen LogP contribution is -2.19. The molecule has 4 aromatic carbocycles. The molecule has 5 aromatic rings. The van der Waals surface area contributed by atoms with Crippen molar-refractivity contribution < 1.29 is 19.1 Å². The van der Waals surface area contributed by atoms with Gasteiger partial charge < -0.3 is 14.5 Å². The van der Waals surface area contributed by atoms with Crippen LogP contribution < -0.4 is 14.9 Å². The van der Waals surface area contributed by atoms with Crippen molar-refractivity contribution in [3.05, 3.63) is 115 Å². The summed E-state index contributed by atoms with van der Waals surface area (Å²) in [7, 11) is 1.55. The van der Waals surface area contributed by atoms with Gasteiger partial charge >= 0.3 is 5.97 Å². The fourth-order valence-electron chi connectivity index (χ4n) is 4.14. The molecule has 0 radical (unpaired) electrons. The Bertz CT molecular complexity index is 1750. The maximum atomic E-state index is 13.4. The van der Waals surface area contributed by atoms with Crippen LogP contribution in [0.25, 0.3) is 22.0 Å². The molecule has 200 valence electrons. The molecule has 0 bridgehead atoms. The number of carbonyl (C=O) groups is 2. The summed E-state index contributed by atoms with van der Waals surface area (Å²) in [6, 6.07) is 25.5. The highest BCUT2D eigenvalue weighted by atomic mass is 79.9. The van der Waals surface area contributed by atoms with Crippen molar-refractivity contribution in [1.29, 1.82) is 0 Å². The van der Waals surface area contributed by atoms with Gasteiger partial charge in [0.25, 0.3) is 5.91 Å². The zero-order valence-corrected chi connectivity index (χ0v) is 25.6. The number of H-pyrrole nitrogens is 1. The van der Waals surface area contributed by atoms with E-state index < -0.39 is 11.9 Å². The number of amides is 1. The number of ether oxygens (including phenoxy) is 2. The Morgan fingerprint density at radius 2 is 1.65 bits per heavy atom. The van der Waals surface area contributed by atoms with E-state index in [1.807, 2.05) is 48.5 Å². The van der Waals surface area contributed by atoms with E-state index in [0.717, 1.165) is 31.0 Å². The zero-order chi connectivity index (χ0) is 28.2. The van der Waals surface area contributed by atoms with Gasteiger partial charge in [0, 0.05) is 25.5 Å². The van der Waals surface area contributed by atoms with E-state index in [0.29, 0.717) is 27.0 Å². The number of nitrogens with one attached hydrogen (secondary N) is 2. The van der Waals surface area contributed by atoms with Gasteiger partial charge in [0.2, 0.25) is 0 Å². The molecule has 0 aliphatic heterocycles. The van der Waals surface area contributed by atoms with Gasteiger partial charge in [0.05, 0.1) is 28.9 Å². The molecule has 0 unspecified atom stereocenters. The normalized spacial score (nSPS) is 11.1. The Morgan fingerprint density at radius 1 is 0.900 bits per heavy atom. The predicted molar refractivity (Wildman–Crippen MR) is 166 cm³/mol. The Labute approximate surface area is 255 Å². The number of hydrazone groups is 1. The van der Waals surface area contributed by atoms with Crippen LogP contribution in [-0.2, 0) is 0 Å². The standard InChI is InChI=1S/C30H20Br3N3O4/c1-39-21-12-10-18(11-13-21)30(38)40-28-19(14-20(31)15-24(28)33)16-34-36-29(37)27-25(17-6-3-2-4-7-17)22-8-5-9-23(32)26(22)35-27/h2-16,35H,1H3,(H,36,37). The van der Waals surface area contributed by atoms with Crippen LogP contribution in [0.5, 0.6) is 11.5 Å². The lowest BCUT2D eigenvalue weighted by Gasteiger charge is -2.11. The zero-order valence-electron chi connectivity index (χ0n) is 20.9. The number of methoxy groups -OCH3 is 1. The summed E-state index contributed by atoms with van der Waals surface area (Å²) in [6.07, 6.45) is 1.42. The molecule has 1 amide bonds. The molecule has 40 heavy (non-hydrogen) atoms. The number of hydrogen-bond acceptors (Lipinski definition) is 5. The van der Waals surface area contributed by atoms with Gasteiger partial charge in [0.1, 0.15) is 11.4 Å². The third-order valence-corrected chi connectivity index (χ3v) is 7.71. The summed E-state index contributed by atoms with van der Waals surface area (Å²) >= 11 is 10.5. The van der Waals surface area contributed by atoms with Crippen molar-refractivity contribution in [3.63, 3.8) is 0 Å². The Kier molecular flexibility index (Phi) is 8.49. The number of halogens is 3. The van der Waals surface area contributed by atoms with E-state index in [2.05, 4.69) is 63.3 Å². The minimum atomic E-state index is -0.555. The Balaban J connectivity index is 1.43. The van der Waals surface area contributed by atoms with Crippen LogP contribution in [0.15, 0.2) is 103 Å². The number of nitrogens with zero attached hydrogens (tertiary/aromatic N) is 1. The third-order valence-electron chi connectivity index (χ3n) is 6.00. The van der Waals surface area contributed by atoms with Gasteiger partial charge in [-0.2, -0.15) is 5.10 Å². The maximum Gasteiger partial charge on any atom is 0.343 e. The first-order valence-electron chi connectivity index (χ1n) is 11.9.